The third-order valence-corrected chi connectivity index (χ3v) is 7.53. The molecule has 37 heavy (non-hydrogen) atoms. The number of methoxy groups -OCH3 is 1. The van der Waals surface area contributed by atoms with Crippen LogP contribution < -0.4 is 15.2 Å². The van der Waals surface area contributed by atoms with Crippen molar-refractivity contribution >= 4 is 28.3 Å². The van der Waals surface area contributed by atoms with Crippen molar-refractivity contribution in [3.8, 4) is 17.0 Å². The van der Waals surface area contributed by atoms with Gasteiger partial charge in [-0.3, -0.25) is 9.69 Å². The molecular formula is C29H30ClFN4O2. The van der Waals surface area contributed by atoms with Crippen LogP contribution in [0.3, 0.4) is 0 Å². The van der Waals surface area contributed by atoms with Gasteiger partial charge in [0.2, 0.25) is 5.88 Å². The maximum atomic E-state index is 14.2. The lowest BCUT2D eigenvalue weighted by atomic mass is 9.97. The van der Waals surface area contributed by atoms with Crippen LogP contribution >= 0.6 is 11.6 Å². The van der Waals surface area contributed by atoms with Gasteiger partial charge < -0.3 is 14.2 Å². The first-order chi connectivity index (χ1) is 17.7. The fourth-order valence-corrected chi connectivity index (χ4v) is 5.31. The van der Waals surface area contributed by atoms with E-state index in [0.29, 0.717) is 17.4 Å². The highest BCUT2D eigenvalue weighted by molar-refractivity contribution is 6.30. The average Bonchev–Trinajstić information content (AvgIpc) is 2.89. The monoisotopic (exact) mass is 520 g/mol. The summed E-state index contributed by atoms with van der Waals surface area (Å²) in [6.45, 7) is 6.52. The minimum Gasteiger partial charge on any atom is -0.481 e. The third-order valence-electron chi connectivity index (χ3n) is 7.28. The Morgan fingerprint density at radius 3 is 2.51 bits per heavy atom. The van der Waals surface area contributed by atoms with Crippen molar-refractivity contribution in [1.29, 1.82) is 0 Å². The number of benzene rings is 2. The summed E-state index contributed by atoms with van der Waals surface area (Å²) >= 11 is 6.08. The predicted molar refractivity (Wildman–Crippen MR) is 147 cm³/mol. The molecular weight excluding hydrogens is 491 g/mol. The largest absolute Gasteiger partial charge is 0.481 e. The average molecular weight is 521 g/mol. The van der Waals surface area contributed by atoms with Crippen molar-refractivity contribution in [3.63, 3.8) is 0 Å². The van der Waals surface area contributed by atoms with Crippen LogP contribution in [0.25, 0.3) is 22.2 Å². The molecule has 0 saturated carbocycles. The van der Waals surface area contributed by atoms with Crippen molar-refractivity contribution in [2.24, 2.45) is 7.05 Å². The van der Waals surface area contributed by atoms with Gasteiger partial charge in [-0.15, -0.1) is 0 Å². The molecule has 6 nitrogen and oxygen atoms in total. The summed E-state index contributed by atoms with van der Waals surface area (Å²) in [5.41, 5.74) is 5.12. The zero-order valence-corrected chi connectivity index (χ0v) is 22.2. The molecule has 0 bridgehead atoms. The van der Waals surface area contributed by atoms with E-state index in [1.54, 1.807) is 36.9 Å². The lowest BCUT2D eigenvalue weighted by Gasteiger charge is -2.45. The summed E-state index contributed by atoms with van der Waals surface area (Å²) in [6.07, 6.45) is 0. The second-order valence-electron chi connectivity index (χ2n) is 9.74. The van der Waals surface area contributed by atoms with E-state index in [4.69, 9.17) is 21.3 Å². The van der Waals surface area contributed by atoms with E-state index in [1.807, 2.05) is 36.4 Å². The standard InChI is InChI=1S/C29H30ClFN4O2/c1-18-16-35(26-14-28(36)33(3)25-11-12-27(37-4)32-29(25)26)19(2)15-34(18)17-21-7-10-23(31)13-24(21)20-5-8-22(30)9-6-20/h5-14,18-19H,15-17H2,1-4H3/t18-,19+/m1/s1. The summed E-state index contributed by atoms with van der Waals surface area (Å²) in [7, 11) is 3.35. The van der Waals surface area contributed by atoms with Crippen LogP contribution in [-0.2, 0) is 13.6 Å². The summed E-state index contributed by atoms with van der Waals surface area (Å²) in [4.78, 5) is 22.2. The number of pyridine rings is 2. The first-order valence-corrected chi connectivity index (χ1v) is 12.7. The Morgan fingerprint density at radius 2 is 1.78 bits per heavy atom. The van der Waals surface area contributed by atoms with E-state index in [1.165, 1.54) is 6.07 Å². The van der Waals surface area contributed by atoms with Crippen LogP contribution in [0, 0.1) is 5.82 Å². The number of hydrogen-bond acceptors (Lipinski definition) is 5. The lowest BCUT2D eigenvalue weighted by Crippen LogP contribution is -2.56. The molecule has 0 radical (unpaired) electrons. The molecule has 5 rings (SSSR count). The fourth-order valence-electron chi connectivity index (χ4n) is 5.18. The number of ether oxygens (including phenoxy) is 1. The molecule has 0 amide bonds. The molecule has 0 aliphatic carbocycles. The Bertz CT molecular complexity index is 1500. The number of rotatable bonds is 5. The summed E-state index contributed by atoms with van der Waals surface area (Å²) in [6, 6.07) is 18.1. The molecule has 1 saturated heterocycles. The van der Waals surface area contributed by atoms with Gasteiger partial charge >= 0.3 is 0 Å². The molecule has 2 aromatic heterocycles. The summed E-state index contributed by atoms with van der Waals surface area (Å²) in [5, 5.41) is 0.649. The van der Waals surface area contributed by atoms with Gasteiger partial charge in [-0.2, -0.15) is 0 Å². The smallest absolute Gasteiger partial charge is 0.252 e. The van der Waals surface area contributed by atoms with Crippen LogP contribution in [0.15, 0.2) is 65.5 Å². The van der Waals surface area contributed by atoms with Crippen LogP contribution in [0.4, 0.5) is 10.1 Å². The van der Waals surface area contributed by atoms with Gasteiger partial charge in [0, 0.05) is 55.9 Å². The number of halogens is 2. The van der Waals surface area contributed by atoms with Gasteiger partial charge in [-0.25, -0.2) is 9.37 Å². The molecule has 8 heteroatoms. The van der Waals surface area contributed by atoms with E-state index in [9.17, 15) is 9.18 Å². The SMILES string of the molecule is COc1ccc2c(n1)c(N1C[C@@H](C)N(Cc3ccc(F)cc3-c3ccc(Cl)cc3)C[C@@H]1C)cc(=O)n2C. The second kappa shape index (κ2) is 10.1. The van der Waals surface area contributed by atoms with Gasteiger partial charge in [0.05, 0.1) is 18.3 Å². The topological polar surface area (TPSA) is 50.6 Å². The number of nitrogens with zero attached hydrogens (tertiary/aromatic N) is 4. The zero-order chi connectivity index (χ0) is 26.3. The highest BCUT2D eigenvalue weighted by Gasteiger charge is 2.31. The Hall–Kier alpha value is -3.42. The van der Waals surface area contributed by atoms with E-state index in [2.05, 4.69) is 23.6 Å². The van der Waals surface area contributed by atoms with Gasteiger partial charge in [0.1, 0.15) is 11.3 Å². The Morgan fingerprint density at radius 1 is 1.03 bits per heavy atom. The third kappa shape index (κ3) is 4.93. The predicted octanol–water partition coefficient (Wildman–Crippen LogP) is 5.50. The van der Waals surface area contributed by atoms with Crippen LogP contribution in [0.5, 0.6) is 5.88 Å². The fraction of sp³-hybridized carbons (Fsp3) is 0.310. The highest BCUT2D eigenvalue weighted by Crippen LogP contribution is 2.32. The minimum atomic E-state index is -0.264. The quantitative estimate of drug-likeness (QED) is 0.348. The van der Waals surface area contributed by atoms with Crippen molar-refractivity contribution < 1.29 is 9.13 Å². The molecule has 0 spiro atoms. The van der Waals surface area contributed by atoms with E-state index in [-0.39, 0.29) is 23.5 Å². The number of piperazine rings is 1. The zero-order valence-electron chi connectivity index (χ0n) is 21.4. The molecule has 4 aromatic rings. The van der Waals surface area contributed by atoms with Gasteiger partial charge in [-0.05, 0) is 60.9 Å². The van der Waals surface area contributed by atoms with Crippen molar-refractivity contribution in [2.45, 2.75) is 32.5 Å². The number of hydrogen-bond donors (Lipinski definition) is 0. The van der Waals surface area contributed by atoms with Gasteiger partial charge in [0.25, 0.3) is 5.56 Å². The maximum absolute atomic E-state index is 14.2. The Kier molecular flexibility index (Phi) is 6.92. The van der Waals surface area contributed by atoms with Gasteiger partial charge in [-0.1, -0.05) is 29.8 Å². The molecule has 0 N–H and O–H groups in total. The van der Waals surface area contributed by atoms with E-state index >= 15 is 0 Å². The van der Waals surface area contributed by atoms with Crippen molar-refractivity contribution in [2.75, 3.05) is 25.1 Å². The molecule has 1 fully saturated rings. The van der Waals surface area contributed by atoms with E-state index in [0.717, 1.165) is 46.5 Å². The molecule has 2 atom stereocenters. The highest BCUT2D eigenvalue weighted by atomic mass is 35.5. The molecule has 1 aliphatic rings. The molecule has 192 valence electrons. The second-order valence-corrected chi connectivity index (χ2v) is 10.2. The van der Waals surface area contributed by atoms with Crippen molar-refractivity contribution in [1.82, 2.24) is 14.5 Å². The van der Waals surface area contributed by atoms with Gasteiger partial charge in [0.15, 0.2) is 0 Å². The number of aryl methyl sites for hydroxylation is 1. The summed E-state index contributed by atoms with van der Waals surface area (Å²) in [5.74, 6) is 0.248. The van der Waals surface area contributed by atoms with E-state index < -0.39 is 0 Å². The number of aromatic nitrogens is 2. The first kappa shape index (κ1) is 25.2. The molecule has 1 aliphatic heterocycles. The summed E-state index contributed by atoms with van der Waals surface area (Å²) < 4.78 is 21.2. The van der Waals surface area contributed by atoms with Crippen LogP contribution in [-0.4, -0.2) is 46.7 Å². The minimum absolute atomic E-state index is 0.0735. The normalized spacial score (nSPS) is 18.4. The first-order valence-electron chi connectivity index (χ1n) is 12.3. The van der Waals surface area contributed by atoms with Crippen LogP contribution in [0.2, 0.25) is 5.02 Å². The maximum Gasteiger partial charge on any atom is 0.252 e. The number of anilines is 1. The molecule has 2 aromatic carbocycles. The Balaban J connectivity index is 1.45. The van der Waals surface area contributed by atoms with Crippen molar-refractivity contribution in [3.05, 3.63) is 87.4 Å². The molecule has 0 unspecified atom stereocenters. The Labute approximate surface area is 220 Å². The molecule has 3 heterocycles. The number of fused-ring (bicyclic) bond motifs is 1. The van der Waals surface area contributed by atoms with Crippen LogP contribution in [0.1, 0.15) is 19.4 Å². The lowest BCUT2D eigenvalue weighted by molar-refractivity contribution is 0.158.